The third kappa shape index (κ3) is 7.98. The lowest BCUT2D eigenvalue weighted by atomic mass is 10.2. The predicted molar refractivity (Wildman–Crippen MR) is 116 cm³/mol. The lowest BCUT2D eigenvalue weighted by molar-refractivity contribution is 0.199. The number of hydrogen-bond donors (Lipinski definition) is 2. The van der Waals surface area contributed by atoms with E-state index in [-0.39, 0.29) is 35.9 Å². The summed E-state index contributed by atoms with van der Waals surface area (Å²) in [6, 6.07) is 9.91. The maximum atomic E-state index is 13.3. The number of ether oxygens (including phenoxy) is 2. The number of halogens is 2. The highest BCUT2D eigenvalue weighted by Crippen LogP contribution is 2.14. The number of methoxy groups -OCH3 is 1. The van der Waals surface area contributed by atoms with Gasteiger partial charge in [0.15, 0.2) is 5.96 Å². The minimum absolute atomic E-state index is 0. The van der Waals surface area contributed by atoms with E-state index in [0.29, 0.717) is 30.7 Å². The molecule has 1 atom stereocenters. The van der Waals surface area contributed by atoms with Crippen LogP contribution in [0.2, 0.25) is 0 Å². The first-order valence-electron chi connectivity index (χ1n) is 8.50. The molecule has 0 amide bonds. The Hall–Kier alpha value is -2.10. The summed E-state index contributed by atoms with van der Waals surface area (Å²) < 4.78 is 24.1. The fourth-order valence-electron chi connectivity index (χ4n) is 2.26. The van der Waals surface area contributed by atoms with Crippen molar-refractivity contribution in [1.82, 2.24) is 15.6 Å². The number of benzene rings is 1. The van der Waals surface area contributed by atoms with Crippen molar-refractivity contribution in [1.29, 1.82) is 0 Å². The first-order valence-corrected chi connectivity index (χ1v) is 8.50. The molecule has 1 unspecified atom stereocenters. The molecule has 6 nitrogen and oxygen atoms in total. The lowest BCUT2D eigenvalue weighted by Crippen LogP contribution is -2.42. The predicted octanol–water partition coefficient (Wildman–Crippen LogP) is 3.37. The normalized spacial score (nSPS) is 11.9. The van der Waals surface area contributed by atoms with Crippen LogP contribution in [0.1, 0.15) is 18.9 Å². The van der Waals surface area contributed by atoms with Crippen LogP contribution in [0.5, 0.6) is 11.6 Å². The number of aromatic nitrogens is 1. The van der Waals surface area contributed by atoms with E-state index < -0.39 is 0 Å². The van der Waals surface area contributed by atoms with Crippen LogP contribution < -0.4 is 20.1 Å². The van der Waals surface area contributed by atoms with Crippen molar-refractivity contribution in [2.45, 2.75) is 26.0 Å². The summed E-state index contributed by atoms with van der Waals surface area (Å²) in [5.74, 6) is 1.44. The van der Waals surface area contributed by atoms with Crippen molar-refractivity contribution in [2.24, 2.45) is 4.99 Å². The minimum Gasteiger partial charge on any atom is -0.489 e. The van der Waals surface area contributed by atoms with Crippen LogP contribution in [0.3, 0.4) is 0 Å². The van der Waals surface area contributed by atoms with E-state index in [2.05, 4.69) is 20.6 Å². The molecule has 0 aliphatic rings. The molecule has 0 aliphatic heterocycles. The number of pyridine rings is 1. The SMILES string of the molecule is CCC(CNC(=NC)NCc1ccc(OC)nc1)Oc1cccc(F)c1.I. The molecular formula is C19H26FIN4O2. The molecule has 27 heavy (non-hydrogen) atoms. The molecule has 1 aromatic heterocycles. The summed E-state index contributed by atoms with van der Waals surface area (Å²) in [4.78, 5) is 8.37. The Labute approximate surface area is 176 Å². The van der Waals surface area contributed by atoms with Gasteiger partial charge in [-0.15, -0.1) is 24.0 Å². The molecule has 2 rings (SSSR count). The van der Waals surface area contributed by atoms with E-state index in [1.165, 1.54) is 12.1 Å². The molecule has 2 aromatic rings. The molecular weight excluding hydrogens is 462 g/mol. The van der Waals surface area contributed by atoms with Crippen LogP contribution in [-0.4, -0.2) is 37.7 Å². The highest BCUT2D eigenvalue weighted by atomic mass is 127. The van der Waals surface area contributed by atoms with Gasteiger partial charge in [-0.2, -0.15) is 0 Å². The highest BCUT2D eigenvalue weighted by molar-refractivity contribution is 14.0. The third-order valence-corrected chi connectivity index (χ3v) is 3.74. The second-order valence-electron chi connectivity index (χ2n) is 5.62. The van der Waals surface area contributed by atoms with Crippen LogP contribution in [0, 0.1) is 5.82 Å². The fourth-order valence-corrected chi connectivity index (χ4v) is 2.26. The van der Waals surface area contributed by atoms with Gasteiger partial charge in [0.25, 0.3) is 0 Å². The van der Waals surface area contributed by atoms with E-state index >= 15 is 0 Å². The first kappa shape index (κ1) is 22.9. The van der Waals surface area contributed by atoms with Crippen LogP contribution in [0.25, 0.3) is 0 Å². The zero-order valence-corrected chi connectivity index (χ0v) is 18.1. The van der Waals surface area contributed by atoms with Crippen molar-refractivity contribution < 1.29 is 13.9 Å². The smallest absolute Gasteiger partial charge is 0.212 e. The number of nitrogens with one attached hydrogen (secondary N) is 2. The Morgan fingerprint density at radius 1 is 1.26 bits per heavy atom. The highest BCUT2D eigenvalue weighted by Gasteiger charge is 2.10. The van der Waals surface area contributed by atoms with Gasteiger partial charge in [-0.1, -0.05) is 19.1 Å². The van der Waals surface area contributed by atoms with Crippen molar-refractivity contribution in [3.05, 3.63) is 54.0 Å². The first-order chi connectivity index (χ1) is 12.6. The molecule has 8 heteroatoms. The summed E-state index contributed by atoms with van der Waals surface area (Å²) in [6.45, 7) is 3.15. The molecule has 2 N–H and O–H groups in total. The average Bonchev–Trinajstić information content (AvgIpc) is 2.67. The number of aliphatic imine (C=N–C) groups is 1. The van der Waals surface area contributed by atoms with Gasteiger partial charge >= 0.3 is 0 Å². The Balaban J connectivity index is 0.00000364. The maximum absolute atomic E-state index is 13.3. The van der Waals surface area contributed by atoms with Crippen molar-refractivity contribution in [3.8, 4) is 11.6 Å². The monoisotopic (exact) mass is 488 g/mol. The number of guanidine groups is 1. The molecule has 0 saturated carbocycles. The molecule has 0 saturated heterocycles. The van der Waals surface area contributed by atoms with Gasteiger partial charge in [-0.3, -0.25) is 4.99 Å². The van der Waals surface area contributed by atoms with Crippen LogP contribution in [-0.2, 0) is 6.54 Å². The van der Waals surface area contributed by atoms with Gasteiger partial charge < -0.3 is 20.1 Å². The number of hydrogen-bond acceptors (Lipinski definition) is 4. The number of nitrogens with zero attached hydrogens (tertiary/aromatic N) is 2. The van der Waals surface area contributed by atoms with Gasteiger partial charge in [0.2, 0.25) is 5.88 Å². The summed E-state index contributed by atoms with van der Waals surface area (Å²) in [6.07, 6.45) is 2.43. The van der Waals surface area contributed by atoms with Gasteiger partial charge in [-0.25, -0.2) is 9.37 Å². The summed E-state index contributed by atoms with van der Waals surface area (Å²) >= 11 is 0. The quantitative estimate of drug-likeness (QED) is 0.339. The Bertz CT molecular complexity index is 713. The molecule has 0 radical (unpaired) electrons. The Kier molecular flexibility index (Phi) is 10.5. The van der Waals surface area contributed by atoms with Crippen LogP contribution in [0.4, 0.5) is 4.39 Å². The summed E-state index contributed by atoms with van der Waals surface area (Å²) in [7, 11) is 3.29. The van der Waals surface area contributed by atoms with Gasteiger partial charge in [0, 0.05) is 31.9 Å². The van der Waals surface area contributed by atoms with E-state index in [0.717, 1.165) is 12.0 Å². The summed E-state index contributed by atoms with van der Waals surface area (Å²) in [5, 5.41) is 6.44. The Morgan fingerprint density at radius 2 is 2.07 bits per heavy atom. The van der Waals surface area contributed by atoms with E-state index in [4.69, 9.17) is 9.47 Å². The van der Waals surface area contributed by atoms with Crippen molar-refractivity contribution in [3.63, 3.8) is 0 Å². The van der Waals surface area contributed by atoms with Gasteiger partial charge in [0.1, 0.15) is 17.7 Å². The lowest BCUT2D eigenvalue weighted by Gasteiger charge is -2.20. The van der Waals surface area contributed by atoms with Gasteiger partial charge in [-0.05, 0) is 24.1 Å². The zero-order valence-electron chi connectivity index (χ0n) is 15.7. The largest absolute Gasteiger partial charge is 0.489 e. The standard InChI is InChI=1S/C19H25FN4O2.HI/c1-4-16(26-17-7-5-6-15(20)10-17)13-24-19(21-2)23-12-14-8-9-18(25-3)22-11-14;/h5-11,16H,4,12-13H2,1-3H3,(H2,21,23,24);1H. The topological polar surface area (TPSA) is 67.8 Å². The summed E-state index contributed by atoms with van der Waals surface area (Å²) in [5.41, 5.74) is 1.01. The maximum Gasteiger partial charge on any atom is 0.212 e. The molecule has 0 aliphatic carbocycles. The van der Waals surface area contributed by atoms with Crippen LogP contribution >= 0.6 is 24.0 Å². The fraction of sp³-hybridized carbons (Fsp3) is 0.368. The average molecular weight is 488 g/mol. The van der Waals surface area contributed by atoms with Crippen molar-refractivity contribution in [2.75, 3.05) is 20.7 Å². The van der Waals surface area contributed by atoms with Gasteiger partial charge in [0.05, 0.1) is 13.7 Å². The molecule has 148 valence electrons. The molecule has 0 fully saturated rings. The molecule has 1 heterocycles. The molecule has 0 spiro atoms. The third-order valence-electron chi connectivity index (χ3n) is 3.74. The van der Waals surface area contributed by atoms with Crippen molar-refractivity contribution >= 4 is 29.9 Å². The van der Waals surface area contributed by atoms with E-state index in [1.54, 1.807) is 32.5 Å². The molecule has 0 bridgehead atoms. The van der Waals surface area contributed by atoms with Crippen LogP contribution in [0.15, 0.2) is 47.6 Å². The Morgan fingerprint density at radius 3 is 2.67 bits per heavy atom. The molecule has 1 aromatic carbocycles. The second kappa shape index (κ2) is 12.3. The number of rotatable bonds is 8. The minimum atomic E-state index is -0.309. The van der Waals surface area contributed by atoms with E-state index in [1.807, 2.05) is 19.1 Å². The van der Waals surface area contributed by atoms with E-state index in [9.17, 15) is 4.39 Å². The second-order valence-corrected chi connectivity index (χ2v) is 5.62. The zero-order chi connectivity index (χ0) is 18.8.